The highest BCUT2D eigenvalue weighted by Crippen LogP contribution is 2.22. The van der Waals surface area contributed by atoms with Crippen LogP contribution in [0.2, 0.25) is 0 Å². The molecule has 0 aliphatic heterocycles. The molecule has 1 unspecified atom stereocenters. The van der Waals surface area contributed by atoms with E-state index < -0.39 is 16.1 Å². The van der Waals surface area contributed by atoms with Gasteiger partial charge in [0.2, 0.25) is 21.8 Å². The summed E-state index contributed by atoms with van der Waals surface area (Å²) >= 11 is 0. The molecule has 0 radical (unpaired) electrons. The van der Waals surface area contributed by atoms with Crippen molar-refractivity contribution in [2.24, 2.45) is 0 Å². The van der Waals surface area contributed by atoms with E-state index in [4.69, 9.17) is 0 Å². The maximum atomic E-state index is 13.3. The van der Waals surface area contributed by atoms with E-state index in [0.29, 0.717) is 11.3 Å². The fraction of sp³-hybridized carbons (Fsp3) is 0.462. The normalized spacial score (nSPS) is 12.3. The first kappa shape index (κ1) is 28.3. The molecule has 2 amide bonds. The Labute approximate surface area is 208 Å². The quantitative estimate of drug-likeness (QED) is 0.501. The Balaban J connectivity index is 2.19. The summed E-state index contributed by atoms with van der Waals surface area (Å²) in [6.45, 7) is 9.39. The molecule has 0 spiro atoms. The number of hydrogen-bond acceptors (Lipinski definition) is 4. The van der Waals surface area contributed by atoms with Crippen LogP contribution < -0.4 is 9.62 Å². The van der Waals surface area contributed by atoms with E-state index in [1.807, 2.05) is 33.8 Å². The molecule has 0 aliphatic carbocycles. The second-order valence-electron chi connectivity index (χ2n) is 9.27. The van der Waals surface area contributed by atoms with Crippen molar-refractivity contribution < 1.29 is 22.4 Å². The highest BCUT2D eigenvalue weighted by molar-refractivity contribution is 7.92. The maximum absolute atomic E-state index is 13.3. The summed E-state index contributed by atoms with van der Waals surface area (Å²) in [5.41, 5.74) is 3.14. The van der Waals surface area contributed by atoms with Gasteiger partial charge in [-0.15, -0.1) is 0 Å². The molecule has 0 bridgehead atoms. The number of amides is 2. The van der Waals surface area contributed by atoms with Crippen molar-refractivity contribution in [2.75, 3.05) is 17.1 Å². The largest absolute Gasteiger partial charge is 0.352 e. The van der Waals surface area contributed by atoms with Gasteiger partial charge in [0.25, 0.3) is 0 Å². The summed E-state index contributed by atoms with van der Waals surface area (Å²) in [5.74, 6) is -0.956. The number of hydrogen-bond donors (Lipinski definition) is 1. The van der Waals surface area contributed by atoms with Gasteiger partial charge in [0.1, 0.15) is 11.9 Å². The zero-order chi connectivity index (χ0) is 26.3. The molecule has 1 N–H and O–H groups in total. The molecule has 2 rings (SSSR count). The Morgan fingerprint density at radius 1 is 1.00 bits per heavy atom. The molecule has 0 saturated heterocycles. The van der Waals surface area contributed by atoms with Gasteiger partial charge in [-0.1, -0.05) is 18.2 Å². The molecule has 1 atom stereocenters. The van der Waals surface area contributed by atoms with Crippen molar-refractivity contribution in [3.05, 3.63) is 65.0 Å². The monoisotopic (exact) mass is 505 g/mol. The number of rotatable bonds is 11. The third kappa shape index (κ3) is 8.65. The minimum absolute atomic E-state index is 0.0529. The van der Waals surface area contributed by atoms with Gasteiger partial charge < -0.3 is 10.2 Å². The zero-order valence-corrected chi connectivity index (χ0v) is 22.2. The molecule has 35 heavy (non-hydrogen) atoms. The number of anilines is 1. The Hall–Kier alpha value is -2.94. The van der Waals surface area contributed by atoms with E-state index >= 15 is 0 Å². The first-order chi connectivity index (χ1) is 16.3. The Morgan fingerprint density at radius 2 is 1.57 bits per heavy atom. The van der Waals surface area contributed by atoms with E-state index in [9.17, 15) is 22.4 Å². The molecular formula is C26H36FN3O4S. The third-order valence-corrected chi connectivity index (χ3v) is 6.71. The number of nitrogens with one attached hydrogen (secondary N) is 1. The van der Waals surface area contributed by atoms with Crippen molar-refractivity contribution in [2.45, 2.75) is 66.1 Å². The van der Waals surface area contributed by atoms with Crippen LogP contribution in [0.3, 0.4) is 0 Å². The second-order valence-corrected chi connectivity index (χ2v) is 11.2. The van der Waals surface area contributed by atoms with Crippen LogP contribution >= 0.6 is 0 Å². The molecule has 7 nitrogen and oxygen atoms in total. The number of halogens is 1. The molecule has 2 aromatic carbocycles. The van der Waals surface area contributed by atoms with Crippen LogP contribution in [-0.2, 0) is 26.2 Å². The Kier molecular flexibility index (Phi) is 9.82. The first-order valence-corrected chi connectivity index (χ1v) is 13.5. The summed E-state index contributed by atoms with van der Waals surface area (Å²) in [6.07, 6.45) is 1.47. The molecule has 0 saturated carbocycles. The van der Waals surface area contributed by atoms with Gasteiger partial charge in [-0.05, 0) is 82.0 Å². The van der Waals surface area contributed by atoms with Crippen LogP contribution in [0.25, 0.3) is 0 Å². The average molecular weight is 506 g/mol. The Bertz CT molecular complexity index is 1110. The summed E-state index contributed by atoms with van der Waals surface area (Å²) in [5, 5.41) is 2.82. The van der Waals surface area contributed by atoms with Gasteiger partial charge in [0.05, 0.1) is 11.9 Å². The lowest BCUT2D eigenvalue weighted by Gasteiger charge is -2.30. The minimum atomic E-state index is -3.56. The van der Waals surface area contributed by atoms with Gasteiger partial charge in [0, 0.05) is 25.6 Å². The molecule has 0 aliphatic rings. The van der Waals surface area contributed by atoms with Gasteiger partial charge in [-0.25, -0.2) is 12.8 Å². The topological polar surface area (TPSA) is 86.8 Å². The van der Waals surface area contributed by atoms with Gasteiger partial charge >= 0.3 is 0 Å². The fourth-order valence-corrected chi connectivity index (χ4v) is 4.82. The van der Waals surface area contributed by atoms with Crippen LogP contribution in [0.1, 0.15) is 50.3 Å². The summed E-state index contributed by atoms with van der Waals surface area (Å²) in [7, 11) is -3.56. The number of sulfonamides is 1. The van der Waals surface area contributed by atoms with Gasteiger partial charge in [0.15, 0.2) is 0 Å². The van der Waals surface area contributed by atoms with Crippen LogP contribution in [0.4, 0.5) is 10.1 Å². The van der Waals surface area contributed by atoms with E-state index in [2.05, 4.69) is 5.32 Å². The van der Waals surface area contributed by atoms with Crippen LogP contribution in [0.15, 0.2) is 42.5 Å². The van der Waals surface area contributed by atoms with Crippen LogP contribution in [0.5, 0.6) is 0 Å². The molecule has 0 aromatic heterocycles. The molecule has 2 aromatic rings. The first-order valence-electron chi connectivity index (χ1n) is 11.7. The lowest BCUT2D eigenvalue weighted by atomic mass is 10.1. The van der Waals surface area contributed by atoms with E-state index in [1.54, 1.807) is 31.2 Å². The lowest BCUT2D eigenvalue weighted by Crippen LogP contribution is -2.49. The van der Waals surface area contributed by atoms with Crippen molar-refractivity contribution >= 4 is 27.5 Å². The summed E-state index contributed by atoms with van der Waals surface area (Å²) < 4.78 is 39.6. The van der Waals surface area contributed by atoms with Crippen LogP contribution in [-0.4, -0.2) is 50.0 Å². The molecule has 9 heteroatoms. The smallest absolute Gasteiger partial charge is 0.242 e. The molecular weight excluding hydrogens is 469 g/mol. The van der Waals surface area contributed by atoms with Crippen LogP contribution in [0, 0.1) is 19.7 Å². The zero-order valence-electron chi connectivity index (χ0n) is 21.3. The Morgan fingerprint density at radius 3 is 2.09 bits per heavy atom. The maximum Gasteiger partial charge on any atom is 0.242 e. The number of benzene rings is 2. The van der Waals surface area contributed by atoms with Gasteiger partial charge in [-0.2, -0.15) is 0 Å². The standard InChI is InChI=1S/C26H36FN3O4S/c1-18(2)28-26(32)21(5)29(17-22-9-11-23(27)12-10-22)25(31)8-7-13-30(35(6,33)34)24-15-19(3)14-20(4)16-24/h9-12,14-16,18,21H,7-8,13,17H2,1-6H3,(H,28,32). The molecule has 0 heterocycles. The van der Waals surface area contributed by atoms with Crippen molar-refractivity contribution in [1.29, 1.82) is 0 Å². The van der Waals surface area contributed by atoms with Gasteiger partial charge in [-0.3, -0.25) is 13.9 Å². The number of nitrogens with zero attached hydrogens (tertiary/aromatic N) is 2. The lowest BCUT2D eigenvalue weighted by molar-refractivity contribution is -0.140. The SMILES string of the molecule is Cc1cc(C)cc(N(CCCC(=O)N(Cc2ccc(F)cc2)C(C)C(=O)NC(C)C)S(C)(=O)=O)c1. The van der Waals surface area contributed by atoms with Crippen molar-refractivity contribution in [3.8, 4) is 0 Å². The average Bonchev–Trinajstić information content (AvgIpc) is 2.73. The second kappa shape index (κ2) is 12.2. The van der Waals surface area contributed by atoms with Crippen molar-refractivity contribution in [3.63, 3.8) is 0 Å². The predicted octanol–water partition coefficient (Wildman–Crippen LogP) is 3.93. The third-order valence-electron chi connectivity index (χ3n) is 5.51. The molecule has 0 fully saturated rings. The predicted molar refractivity (Wildman–Crippen MR) is 137 cm³/mol. The minimum Gasteiger partial charge on any atom is -0.352 e. The number of aryl methyl sites for hydroxylation is 2. The molecule has 192 valence electrons. The van der Waals surface area contributed by atoms with Crippen molar-refractivity contribution in [1.82, 2.24) is 10.2 Å². The van der Waals surface area contributed by atoms with E-state index in [1.165, 1.54) is 21.3 Å². The fourth-order valence-electron chi connectivity index (χ4n) is 3.87. The van der Waals surface area contributed by atoms with E-state index in [0.717, 1.165) is 17.4 Å². The number of carbonyl (C=O) groups excluding carboxylic acids is 2. The summed E-state index contributed by atoms with van der Waals surface area (Å²) in [4.78, 5) is 27.3. The highest BCUT2D eigenvalue weighted by atomic mass is 32.2. The van der Waals surface area contributed by atoms with E-state index in [-0.39, 0.29) is 49.6 Å². The summed E-state index contributed by atoms with van der Waals surface area (Å²) in [6, 6.07) is 10.5. The number of carbonyl (C=O) groups is 2. The highest BCUT2D eigenvalue weighted by Gasteiger charge is 2.27.